The van der Waals surface area contributed by atoms with Crippen LogP contribution in [-0.2, 0) is 0 Å². The van der Waals surface area contributed by atoms with E-state index >= 15 is 0 Å². The van der Waals surface area contributed by atoms with E-state index in [1.54, 1.807) is 17.5 Å². The second-order valence-electron chi connectivity index (χ2n) is 6.17. The lowest BCUT2D eigenvalue weighted by Gasteiger charge is -2.27. The zero-order chi connectivity index (χ0) is 17.7. The van der Waals surface area contributed by atoms with Gasteiger partial charge >= 0.3 is 0 Å². The molecule has 0 spiro atoms. The number of nitriles is 1. The summed E-state index contributed by atoms with van der Waals surface area (Å²) in [7, 11) is 0. The molecule has 0 saturated heterocycles. The maximum absolute atomic E-state index is 10.1. The van der Waals surface area contributed by atoms with Crippen molar-refractivity contribution in [2.45, 2.75) is 12.8 Å². The summed E-state index contributed by atoms with van der Waals surface area (Å²) in [5, 5.41) is 27.2. The van der Waals surface area contributed by atoms with Gasteiger partial charge in [0.25, 0.3) is 0 Å². The molecule has 8 heteroatoms. The van der Waals surface area contributed by atoms with Crippen LogP contribution in [-0.4, -0.2) is 26.2 Å². The number of fused-ring (bicyclic) bond motifs is 2. The van der Waals surface area contributed by atoms with Crippen molar-refractivity contribution in [1.29, 1.82) is 5.26 Å². The molecule has 1 aliphatic rings. The van der Waals surface area contributed by atoms with E-state index in [2.05, 4.69) is 26.6 Å². The number of nitrogens with one attached hydrogen (secondary N) is 1. The average Bonchev–Trinajstić information content (AvgIpc) is 3.39. The van der Waals surface area contributed by atoms with Gasteiger partial charge in [0.05, 0.1) is 22.9 Å². The van der Waals surface area contributed by atoms with E-state index in [1.165, 1.54) is 0 Å². The predicted octanol–water partition coefficient (Wildman–Crippen LogP) is 3.72. The molecule has 2 atom stereocenters. The molecule has 3 aromatic heterocycles. The van der Waals surface area contributed by atoms with Crippen LogP contribution in [0.25, 0.3) is 11.0 Å². The van der Waals surface area contributed by atoms with Crippen molar-refractivity contribution in [1.82, 2.24) is 20.5 Å². The monoisotopic (exact) mass is 360 g/mol. The van der Waals surface area contributed by atoms with E-state index in [4.69, 9.17) is 9.62 Å². The maximum Gasteiger partial charge on any atom is 0.152 e. The van der Waals surface area contributed by atoms with Gasteiger partial charge in [-0.25, -0.2) is 9.62 Å². The van der Waals surface area contributed by atoms with Crippen LogP contribution in [0.5, 0.6) is 0 Å². The molecule has 4 heterocycles. The van der Waals surface area contributed by atoms with Crippen LogP contribution < -0.4 is 0 Å². The summed E-state index contributed by atoms with van der Waals surface area (Å²) in [5.41, 5.74) is 4.96. The lowest BCUT2D eigenvalue weighted by atomic mass is 9.77. The van der Waals surface area contributed by atoms with Crippen LogP contribution in [0.4, 0.5) is 5.82 Å². The molecular formula is C18H12N6OS. The van der Waals surface area contributed by atoms with Crippen LogP contribution >= 0.6 is 11.3 Å². The van der Waals surface area contributed by atoms with Crippen molar-refractivity contribution in [3.8, 4) is 6.07 Å². The summed E-state index contributed by atoms with van der Waals surface area (Å²) in [4.78, 5) is 5.75. The molecule has 0 radical (unpaired) electrons. The molecule has 0 amide bonds. The minimum absolute atomic E-state index is 0.252. The van der Waals surface area contributed by atoms with E-state index in [-0.39, 0.29) is 5.92 Å². The number of benzene rings is 1. The van der Waals surface area contributed by atoms with Gasteiger partial charge in [-0.2, -0.15) is 10.4 Å². The molecule has 0 bridgehead atoms. The summed E-state index contributed by atoms with van der Waals surface area (Å²) in [6.45, 7) is 2.03. The van der Waals surface area contributed by atoms with Crippen LogP contribution in [0.15, 0.2) is 45.5 Å². The average molecular weight is 360 g/mol. The van der Waals surface area contributed by atoms with E-state index in [9.17, 15) is 5.26 Å². The highest BCUT2D eigenvalue weighted by molar-refractivity contribution is 7.12. The first kappa shape index (κ1) is 15.0. The van der Waals surface area contributed by atoms with Gasteiger partial charge in [0.1, 0.15) is 17.0 Å². The van der Waals surface area contributed by atoms with E-state index in [0.717, 1.165) is 27.3 Å². The summed E-state index contributed by atoms with van der Waals surface area (Å²) in [5.74, 6) is -0.0316. The van der Waals surface area contributed by atoms with Gasteiger partial charge in [0.15, 0.2) is 5.82 Å². The molecule has 2 unspecified atom stereocenters. The second kappa shape index (κ2) is 5.61. The van der Waals surface area contributed by atoms with Crippen molar-refractivity contribution < 1.29 is 4.63 Å². The van der Waals surface area contributed by atoms with Crippen LogP contribution in [0.1, 0.15) is 27.5 Å². The molecule has 7 nitrogen and oxygen atoms in total. The van der Waals surface area contributed by atoms with Crippen LogP contribution in [0.3, 0.4) is 0 Å². The fourth-order valence-corrected chi connectivity index (χ4v) is 4.48. The molecular weight excluding hydrogens is 348 g/mol. The third kappa shape index (κ3) is 2.04. The lowest BCUT2D eigenvalue weighted by Crippen LogP contribution is -2.26. The number of H-pyrrole nitrogens is 1. The zero-order valence-electron chi connectivity index (χ0n) is 13.7. The summed E-state index contributed by atoms with van der Waals surface area (Å²) in [6.07, 6.45) is 1.73. The first-order valence-corrected chi connectivity index (χ1v) is 8.93. The molecule has 126 valence electrons. The quantitative estimate of drug-likeness (QED) is 0.587. The van der Waals surface area contributed by atoms with E-state index < -0.39 is 5.92 Å². The van der Waals surface area contributed by atoms with Crippen LogP contribution in [0.2, 0.25) is 0 Å². The maximum atomic E-state index is 10.1. The van der Waals surface area contributed by atoms with Crippen molar-refractivity contribution >= 4 is 33.9 Å². The van der Waals surface area contributed by atoms with E-state index in [1.807, 2.05) is 36.6 Å². The fraction of sp³-hybridized carbons (Fsp3) is 0.167. The topological polar surface area (TPSA) is 104 Å². The number of nitrogens with zero attached hydrogens (tertiary/aromatic N) is 5. The Labute approximate surface area is 152 Å². The SMILES string of the molecule is Cc1ccsc1C1=Nc2[nH]ncc2C(c2cccc3nonc23)C1C#N. The predicted molar refractivity (Wildman–Crippen MR) is 96.6 cm³/mol. The molecule has 26 heavy (non-hydrogen) atoms. The smallest absolute Gasteiger partial charge is 0.152 e. The Kier molecular flexibility index (Phi) is 3.23. The number of aliphatic imine (C=N–C) groups is 1. The van der Waals surface area contributed by atoms with Crippen molar-refractivity contribution in [2.24, 2.45) is 10.9 Å². The second-order valence-corrected chi connectivity index (χ2v) is 7.08. The Morgan fingerprint density at radius 3 is 2.96 bits per heavy atom. The summed E-state index contributed by atoms with van der Waals surface area (Å²) in [6, 6.07) is 10.2. The molecule has 4 aromatic rings. The van der Waals surface area contributed by atoms with Gasteiger partial charge in [-0.05, 0) is 45.9 Å². The molecule has 1 aliphatic heterocycles. The molecule has 0 aliphatic carbocycles. The lowest BCUT2D eigenvalue weighted by molar-refractivity contribution is 0.315. The molecule has 0 fully saturated rings. The zero-order valence-corrected chi connectivity index (χ0v) is 14.5. The van der Waals surface area contributed by atoms with Crippen molar-refractivity contribution in [2.75, 3.05) is 0 Å². The van der Waals surface area contributed by atoms with Gasteiger partial charge in [-0.15, -0.1) is 11.3 Å². The number of hydrogen-bond donors (Lipinski definition) is 1. The minimum Gasteiger partial charge on any atom is -0.261 e. The highest BCUT2D eigenvalue weighted by Crippen LogP contribution is 2.44. The Morgan fingerprint density at radius 1 is 1.23 bits per heavy atom. The first-order valence-electron chi connectivity index (χ1n) is 8.05. The van der Waals surface area contributed by atoms with Gasteiger partial charge in [0, 0.05) is 11.5 Å². The van der Waals surface area contributed by atoms with Crippen LogP contribution in [0, 0.1) is 24.2 Å². The highest BCUT2D eigenvalue weighted by atomic mass is 32.1. The normalized spacial score (nSPS) is 19.2. The number of aryl methyl sites for hydroxylation is 1. The number of rotatable bonds is 2. The number of aromatic amines is 1. The van der Waals surface area contributed by atoms with Gasteiger partial charge in [-0.3, -0.25) is 5.10 Å². The van der Waals surface area contributed by atoms with Crippen molar-refractivity contribution in [3.05, 3.63) is 57.4 Å². The standard InChI is InChI=1S/C18H12N6OS/c1-9-5-6-26-17(9)16-11(7-19)14(12-8-20-22-18(12)21-16)10-3-2-4-13-15(10)24-25-23-13/h2-6,8,11,14H,1H3,(H,20,22). The third-order valence-corrected chi connectivity index (χ3v) is 5.77. The van der Waals surface area contributed by atoms with Crippen molar-refractivity contribution in [3.63, 3.8) is 0 Å². The molecule has 0 saturated carbocycles. The molecule has 1 N–H and O–H groups in total. The van der Waals surface area contributed by atoms with Gasteiger partial charge < -0.3 is 0 Å². The largest absolute Gasteiger partial charge is 0.261 e. The summed E-state index contributed by atoms with van der Waals surface area (Å²) < 4.78 is 4.92. The van der Waals surface area contributed by atoms with Gasteiger partial charge in [0.2, 0.25) is 0 Å². The van der Waals surface area contributed by atoms with Gasteiger partial charge in [-0.1, -0.05) is 12.1 Å². The Hall–Kier alpha value is -3.31. The Bertz CT molecular complexity index is 1190. The third-order valence-electron chi connectivity index (χ3n) is 4.73. The number of aromatic nitrogens is 4. The molecule has 5 rings (SSSR count). The number of hydrogen-bond acceptors (Lipinski definition) is 7. The highest BCUT2D eigenvalue weighted by Gasteiger charge is 2.38. The first-order chi connectivity index (χ1) is 12.8. The minimum atomic E-state index is -0.459. The Morgan fingerprint density at radius 2 is 2.15 bits per heavy atom. The number of thiophene rings is 1. The molecule has 1 aromatic carbocycles. The Balaban J connectivity index is 1.78. The van der Waals surface area contributed by atoms with E-state index in [0.29, 0.717) is 16.9 Å². The fourth-order valence-electron chi connectivity index (χ4n) is 3.52. The summed E-state index contributed by atoms with van der Waals surface area (Å²) >= 11 is 1.59.